The molecule has 1 atom stereocenters. The van der Waals surface area contributed by atoms with Crippen molar-refractivity contribution in [1.29, 1.82) is 0 Å². The lowest BCUT2D eigenvalue weighted by Crippen LogP contribution is -2.42. The number of amides is 1. The van der Waals surface area contributed by atoms with Crippen LogP contribution >= 0.6 is 0 Å². The summed E-state index contributed by atoms with van der Waals surface area (Å²) >= 11 is 0. The maximum Gasteiger partial charge on any atom is 0.410 e. The summed E-state index contributed by atoms with van der Waals surface area (Å²) < 4.78 is 11.3. The average molecular weight is 299 g/mol. The first-order valence-electron chi connectivity index (χ1n) is 7.34. The van der Waals surface area contributed by atoms with Crippen molar-refractivity contribution >= 4 is 14.4 Å². The van der Waals surface area contributed by atoms with E-state index in [0.717, 1.165) is 26.1 Å². The molecular weight excluding hydrogens is 270 g/mol. The second-order valence-corrected chi connectivity index (χ2v) is 11.8. The predicted octanol–water partition coefficient (Wildman–Crippen LogP) is 3.65. The van der Waals surface area contributed by atoms with Gasteiger partial charge in [-0.2, -0.15) is 0 Å². The zero-order valence-electron chi connectivity index (χ0n) is 13.6. The van der Waals surface area contributed by atoms with Crippen LogP contribution in [0.15, 0.2) is 12.7 Å². The van der Waals surface area contributed by atoms with Crippen molar-refractivity contribution in [3.63, 3.8) is 0 Å². The molecule has 1 saturated heterocycles. The van der Waals surface area contributed by atoms with Gasteiger partial charge < -0.3 is 14.1 Å². The molecule has 0 radical (unpaired) electrons. The number of hydrogen-bond donors (Lipinski definition) is 0. The first kappa shape index (κ1) is 17.2. The first-order chi connectivity index (χ1) is 9.17. The molecule has 0 bridgehead atoms. The fourth-order valence-electron chi connectivity index (χ4n) is 1.90. The monoisotopic (exact) mass is 299 g/mol. The summed E-state index contributed by atoms with van der Waals surface area (Å²) in [5.41, 5.74) is 0. The zero-order valence-corrected chi connectivity index (χ0v) is 14.6. The van der Waals surface area contributed by atoms with Gasteiger partial charge in [-0.3, -0.25) is 0 Å². The molecule has 0 N–H and O–H groups in total. The van der Waals surface area contributed by atoms with Gasteiger partial charge in [0.05, 0.1) is 0 Å². The van der Waals surface area contributed by atoms with Crippen LogP contribution in [0.2, 0.25) is 18.1 Å². The van der Waals surface area contributed by atoms with Gasteiger partial charge in [0.25, 0.3) is 0 Å². The number of likely N-dealkylation sites (tertiary alicyclic amines) is 1. The molecule has 1 rings (SSSR count). The Kier molecular flexibility index (Phi) is 5.83. The van der Waals surface area contributed by atoms with Gasteiger partial charge in [0, 0.05) is 25.6 Å². The van der Waals surface area contributed by atoms with Crippen LogP contribution in [0, 0.1) is 5.92 Å². The molecule has 1 aliphatic heterocycles. The van der Waals surface area contributed by atoms with Crippen LogP contribution < -0.4 is 0 Å². The summed E-state index contributed by atoms with van der Waals surface area (Å²) in [5, 5.41) is 0.230. The van der Waals surface area contributed by atoms with Gasteiger partial charge in [-0.05, 0) is 24.6 Å². The fraction of sp³-hybridized carbons (Fsp3) is 0.800. The number of rotatable bonds is 5. The van der Waals surface area contributed by atoms with Crippen molar-refractivity contribution in [3.05, 3.63) is 12.7 Å². The quantitative estimate of drug-likeness (QED) is 0.574. The minimum atomic E-state index is -1.69. The molecular formula is C15H29NO3Si. The Morgan fingerprint density at radius 3 is 2.65 bits per heavy atom. The molecule has 1 fully saturated rings. The summed E-state index contributed by atoms with van der Waals surface area (Å²) in [4.78, 5) is 13.5. The van der Waals surface area contributed by atoms with Crippen molar-refractivity contribution in [1.82, 2.24) is 4.90 Å². The molecule has 0 aromatic rings. The Bertz CT molecular complexity index is 350. The van der Waals surface area contributed by atoms with E-state index in [0.29, 0.717) is 5.92 Å². The number of hydrogen-bond acceptors (Lipinski definition) is 3. The van der Waals surface area contributed by atoms with E-state index in [9.17, 15) is 4.79 Å². The second kappa shape index (κ2) is 6.76. The van der Waals surface area contributed by atoms with Crippen molar-refractivity contribution in [2.24, 2.45) is 5.92 Å². The van der Waals surface area contributed by atoms with Crippen LogP contribution in [0.5, 0.6) is 0 Å². The third-order valence-corrected chi connectivity index (χ3v) is 8.86. The number of carbonyl (C=O) groups excluding carboxylic acids is 1. The van der Waals surface area contributed by atoms with E-state index < -0.39 is 8.32 Å². The average Bonchev–Trinajstić information content (AvgIpc) is 2.81. The van der Waals surface area contributed by atoms with Crippen LogP contribution in [-0.2, 0) is 9.16 Å². The van der Waals surface area contributed by atoms with Crippen molar-refractivity contribution < 1.29 is 14.0 Å². The Hall–Kier alpha value is -0.813. The lowest BCUT2D eigenvalue weighted by molar-refractivity contribution is 0.118. The summed E-state index contributed by atoms with van der Waals surface area (Å²) in [6.07, 6.45) is 2.35. The van der Waals surface area contributed by atoms with Gasteiger partial charge >= 0.3 is 6.09 Å². The number of nitrogens with zero attached hydrogens (tertiary/aromatic N) is 1. The summed E-state index contributed by atoms with van der Waals surface area (Å²) in [6, 6.07) is 0. The number of carbonyl (C=O) groups is 1. The second-order valence-electron chi connectivity index (χ2n) is 7.04. The van der Waals surface area contributed by atoms with Crippen molar-refractivity contribution in [3.8, 4) is 0 Å². The highest BCUT2D eigenvalue weighted by atomic mass is 28.4. The van der Waals surface area contributed by atoms with E-state index in [-0.39, 0.29) is 17.7 Å². The van der Waals surface area contributed by atoms with Crippen LogP contribution in [0.3, 0.4) is 0 Å². The Morgan fingerprint density at radius 2 is 2.10 bits per heavy atom. The van der Waals surface area contributed by atoms with E-state index in [2.05, 4.69) is 40.4 Å². The third kappa shape index (κ3) is 4.63. The van der Waals surface area contributed by atoms with Crippen LogP contribution in [0.1, 0.15) is 27.2 Å². The number of ether oxygens (including phenoxy) is 1. The van der Waals surface area contributed by atoms with Crippen LogP contribution in [0.25, 0.3) is 0 Å². The third-order valence-electron chi connectivity index (χ3n) is 4.35. The largest absolute Gasteiger partial charge is 0.445 e. The maximum atomic E-state index is 11.7. The smallest absolute Gasteiger partial charge is 0.410 e. The topological polar surface area (TPSA) is 38.8 Å². The molecule has 0 spiro atoms. The van der Waals surface area contributed by atoms with Gasteiger partial charge in [0.1, 0.15) is 6.61 Å². The molecule has 1 amide bonds. The first-order valence-corrected chi connectivity index (χ1v) is 10.2. The lowest BCUT2D eigenvalue weighted by Gasteiger charge is -2.37. The van der Waals surface area contributed by atoms with Gasteiger partial charge in [-0.1, -0.05) is 33.4 Å². The Morgan fingerprint density at radius 1 is 1.45 bits per heavy atom. The molecule has 1 heterocycles. The van der Waals surface area contributed by atoms with Gasteiger partial charge in [-0.15, -0.1) is 0 Å². The van der Waals surface area contributed by atoms with E-state index in [1.807, 2.05) is 0 Å². The van der Waals surface area contributed by atoms with Crippen molar-refractivity contribution in [2.45, 2.75) is 45.3 Å². The SMILES string of the molecule is C=CCOC(=O)N1CCC(CO[Si](C)(C)C(C)(C)C)C1. The fourth-order valence-corrected chi connectivity index (χ4v) is 2.98. The minimum absolute atomic E-state index is 0.230. The molecule has 116 valence electrons. The summed E-state index contributed by atoms with van der Waals surface area (Å²) in [6.45, 7) is 17.3. The molecule has 0 aromatic heterocycles. The molecule has 4 nitrogen and oxygen atoms in total. The lowest BCUT2D eigenvalue weighted by atomic mass is 10.1. The Balaban J connectivity index is 2.38. The standard InChI is InChI=1S/C15H29NO3Si/c1-7-10-18-14(17)16-9-8-13(11-16)12-19-20(5,6)15(2,3)4/h7,13H,1,8-12H2,2-6H3. The highest BCUT2D eigenvalue weighted by Gasteiger charge is 2.38. The summed E-state index contributed by atoms with van der Waals surface area (Å²) in [5.74, 6) is 0.431. The normalized spacial score (nSPS) is 20.1. The van der Waals surface area contributed by atoms with E-state index in [4.69, 9.17) is 9.16 Å². The molecule has 0 saturated carbocycles. The van der Waals surface area contributed by atoms with Gasteiger partial charge in [0.2, 0.25) is 0 Å². The Labute approximate surface area is 124 Å². The molecule has 0 aliphatic carbocycles. The maximum absolute atomic E-state index is 11.7. The van der Waals surface area contributed by atoms with Crippen LogP contribution in [-0.4, -0.2) is 45.6 Å². The molecule has 1 aliphatic rings. The summed E-state index contributed by atoms with van der Waals surface area (Å²) in [7, 11) is -1.69. The van der Waals surface area contributed by atoms with Crippen molar-refractivity contribution in [2.75, 3.05) is 26.3 Å². The van der Waals surface area contributed by atoms with E-state index >= 15 is 0 Å². The van der Waals surface area contributed by atoms with E-state index in [1.165, 1.54) is 0 Å². The van der Waals surface area contributed by atoms with Gasteiger partial charge in [-0.25, -0.2) is 4.79 Å². The predicted molar refractivity (Wildman–Crippen MR) is 84.4 cm³/mol. The molecule has 20 heavy (non-hydrogen) atoms. The van der Waals surface area contributed by atoms with Crippen LogP contribution in [0.4, 0.5) is 4.79 Å². The molecule has 0 aromatic carbocycles. The van der Waals surface area contributed by atoms with Gasteiger partial charge in [0.15, 0.2) is 8.32 Å². The zero-order chi connectivity index (χ0) is 15.4. The van der Waals surface area contributed by atoms with E-state index in [1.54, 1.807) is 11.0 Å². The minimum Gasteiger partial charge on any atom is -0.445 e. The molecule has 1 unspecified atom stereocenters. The molecule has 5 heteroatoms. The highest BCUT2D eigenvalue weighted by Crippen LogP contribution is 2.37. The highest BCUT2D eigenvalue weighted by molar-refractivity contribution is 6.74.